The van der Waals surface area contributed by atoms with Crippen LogP contribution in [0.3, 0.4) is 0 Å². The monoisotopic (exact) mass is 290 g/mol. The third kappa shape index (κ3) is 3.19. The molecule has 1 atom stereocenters. The Morgan fingerprint density at radius 3 is 2.68 bits per heavy atom. The minimum Gasteiger partial charge on any atom is -0.375 e. The summed E-state index contributed by atoms with van der Waals surface area (Å²) in [7, 11) is 0. The maximum absolute atomic E-state index is 4.64. The number of para-hydroxylation sites is 1. The van der Waals surface area contributed by atoms with E-state index in [1.807, 2.05) is 19.9 Å². The smallest absolute Gasteiger partial charge is 0.126 e. The van der Waals surface area contributed by atoms with E-state index in [2.05, 4.69) is 53.1 Å². The van der Waals surface area contributed by atoms with Gasteiger partial charge >= 0.3 is 0 Å². The highest BCUT2D eigenvalue weighted by Gasteiger charge is 2.11. The van der Waals surface area contributed by atoms with Gasteiger partial charge in [0.2, 0.25) is 0 Å². The van der Waals surface area contributed by atoms with Crippen LogP contribution in [-0.2, 0) is 0 Å². The van der Waals surface area contributed by atoms with Crippen molar-refractivity contribution < 1.29 is 0 Å². The zero-order valence-corrected chi connectivity index (χ0v) is 13.0. The minimum absolute atomic E-state index is 0.383. The molecule has 0 aliphatic carbocycles. The van der Waals surface area contributed by atoms with E-state index in [0.717, 1.165) is 16.1 Å². The summed E-state index contributed by atoms with van der Waals surface area (Å²) in [5.74, 6) is 0. The van der Waals surface area contributed by atoms with Crippen LogP contribution in [0.2, 0.25) is 0 Å². The molecule has 2 nitrogen and oxygen atoms in total. The number of hydrogen-bond acceptors (Lipinski definition) is 4. The van der Waals surface area contributed by atoms with Crippen LogP contribution >= 0.6 is 23.1 Å². The summed E-state index contributed by atoms with van der Waals surface area (Å²) in [6, 6.07) is 8.25. The Morgan fingerprint density at radius 2 is 2.05 bits per heavy atom. The molecule has 0 saturated carbocycles. The van der Waals surface area contributed by atoms with E-state index in [1.165, 1.54) is 4.70 Å². The van der Waals surface area contributed by atoms with Gasteiger partial charge in [-0.3, -0.25) is 0 Å². The van der Waals surface area contributed by atoms with Crippen LogP contribution < -0.4 is 5.32 Å². The molecular formula is C15H18N2S2. The summed E-state index contributed by atoms with van der Waals surface area (Å²) in [6.45, 7) is 4.00. The second-order valence-corrected chi connectivity index (χ2v) is 5.78. The number of rotatable bonds is 2. The van der Waals surface area contributed by atoms with Gasteiger partial charge in [0.15, 0.2) is 0 Å². The molecule has 0 bridgehead atoms. The molecule has 3 rings (SSSR count). The Balaban J connectivity index is 0.000000637. The largest absolute Gasteiger partial charge is 0.375 e. The molecular weight excluding hydrogens is 272 g/mol. The lowest BCUT2D eigenvalue weighted by Gasteiger charge is -2.15. The fourth-order valence-electron chi connectivity index (χ4n) is 1.74. The molecule has 4 heteroatoms. The first-order valence-corrected chi connectivity index (χ1v) is 8.50. The van der Waals surface area contributed by atoms with Gasteiger partial charge in [0.25, 0.3) is 0 Å². The van der Waals surface area contributed by atoms with Gasteiger partial charge in [-0.2, -0.15) is 0 Å². The lowest BCUT2D eigenvalue weighted by Crippen LogP contribution is -2.20. The fraction of sp³-hybridized carbons (Fsp3) is 0.267. The van der Waals surface area contributed by atoms with E-state index in [4.69, 9.17) is 0 Å². The Morgan fingerprint density at radius 1 is 1.26 bits per heavy atom. The van der Waals surface area contributed by atoms with Crippen molar-refractivity contribution in [3.05, 3.63) is 47.6 Å². The number of thiazole rings is 1. The van der Waals surface area contributed by atoms with E-state index in [0.29, 0.717) is 5.37 Å². The molecule has 19 heavy (non-hydrogen) atoms. The predicted octanol–water partition coefficient (Wildman–Crippen LogP) is 4.51. The number of nitrogens with one attached hydrogen (secondary N) is 1. The van der Waals surface area contributed by atoms with Crippen molar-refractivity contribution in [1.82, 2.24) is 10.3 Å². The molecule has 1 N–H and O–H groups in total. The summed E-state index contributed by atoms with van der Waals surface area (Å²) < 4.78 is 1.24. The van der Waals surface area contributed by atoms with Crippen LogP contribution in [0.25, 0.3) is 15.8 Å². The van der Waals surface area contributed by atoms with Crippen LogP contribution in [0, 0.1) is 0 Å². The van der Waals surface area contributed by atoms with Crippen molar-refractivity contribution in [1.29, 1.82) is 0 Å². The zero-order chi connectivity index (χ0) is 13.7. The van der Waals surface area contributed by atoms with Gasteiger partial charge in [-0.1, -0.05) is 38.1 Å². The van der Waals surface area contributed by atoms with Crippen molar-refractivity contribution in [3.63, 3.8) is 0 Å². The van der Waals surface area contributed by atoms with Gasteiger partial charge in [0, 0.05) is 11.8 Å². The minimum atomic E-state index is 0.383. The first-order valence-electron chi connectivity index (χ1n) is 6.40. The Labute approximate surface area is 122 Å². The topological polar surface area (TPSA) is 24.9 Å². The fourth-order valence-corrected chi connectivity index (χ4v) is 3.14. The molecule has 100 valence electrons. The molecule has 2 heterocycles. The van der Waals surface area contributed by atoms with E-state index in [9.17, 15) is 0 Å². The average Bonchev–Trinajstić information content (AvgIpc) is 2.93. The van der Waals surface area contributed by atoms with E-state index < -0.39 is 0 Å². The molecule has 0 amide bonds. The lowest BCUT2D eigenvalue weighted by atomic mass is 10.2. The molecule has 1 aromatic heterocycles. The highest BCUT2D eigenvalue weighted by Crippen LogP contribution is 2.28. The van der Waals surface area contributed by atoms with E-state index >= 15 is 0 Å². The zero-order valence-electron chi connectivity index (χ0n) is 11.4. The molecule has 0 spiro atoms. The summed E-state index contributed by atoms with van der Waals surface area (Å²) >= 11 is 3.52. The number of thioether (sulfide) groups is 1. The molecule has 0 fully saturated rings. The quantitative estimate of drug-likeness (QED) is 0.880. The first-order chi connectivity index (χ1) is 9.36. The number of dihydropyridines is 1. The van der Waals surface area contributed by atoms with Crippen molar-refractivity contribution in [3.8, 4) is 0 Å². The highest BCUT2D eigenvalue weighted by molar-refractivity contribution is 7.99. The Bertz CT molecular complexity index is 566. The standard InChI is InChI=1S/C13H12N2S2.C2H6/c1-16-12-7-6-9(8-14-12)13-15-10-4-2-3-5-11(10)17-13;1-2/h2-8,12,14H,1H3;1-2H3. The average molecular weight is 290 g/mol. The predicted molar refractivity (Wildman–Crippen MR) is 88.5 cm³/mol. The van der Waals surface area contributed by atoms with Crippen LogP contribution in [0.15, 0.2) is 42.6 Å². The maximum Gasteiger partial charge on any atom is 0.126 e. The molecule has 0 radical (unpaired) electrons. The van der Waals surface area contributed by atoms with Gasteiger partial charge < -0.3 is 5.32 Å². The van der Waals surface area contributed by atoms with Crippen molar-refractivity contribution in [2.45, 2.75) is 19.2 Å². The van der Waals surface area contributed by atoms with Crippen molar-refractivity contribution >= 4 is 38.9 Å². The lowest BCUT2D eigenvalue weighted by molar-refractivity contribution is 0.918. The molecule has 1 unspecified atom stereocenters. The Hall–Kier alpha value is -1.26. The highest BCUT2D eigenvalue weighted by atomic mass is 32.2. The summed E-state index contributed by atoms with van der Waals surface area (Å²) in [4.78, 5) is 4.64. The second-order valence-electron chi connectivity index (χ2n) is 3.77. The van der Waals surface area contributed by atoms with Crippen LogP contribution in [0.5, 0.6) is 0 Å². The Kier molecular flexibility index (Phi) is 5.05. The van der Waals surface area contributed by atoms with E-state index in [-0.39, 0.29) is 0 Å². The number of aromatic nitrogens is 1. The maximum atomic E-state index is 4.64. The number of benzene rings is 1. The van der Waals surface area contributed by atoms with Crippen LogP contribution in [0.1, 0.15) is 18.9 Å². The normalized spacial score (nSPS) is 17.4. The van der Waals surface area contributed by atoms with Gasteiger partial charge in [0.1, 0.15) is 5.01 Å². The number of allylic oxidation sites excluding steroid dienone is 2. The van der Waals surface area contributed by atoms with Gasteiger partial charge in [-0.15, -0.1) is 23.1 Å². The molecule has 0 saturated heterocycles. The van der Waals surface area contributed by atoms with Crippen molar-refractivity contribution in [2.24, 2.45) is 0 Å². The van der Waals surface area contributed by atoms with Gasteiger partial charge in [-0.05, 0) is 18.4 Å². The third-order valence-electron chi connectivity index (χ3n) is 2.65. The number of fused-ring (bicyclic) bond motifs is 1. The van der Waals surface area contributed by atoms with Crippen LogP contribution in [-0.4, -0.2) is 16.6 Å². The number of nitrogens with zero attached hydrogens (tertiary/aromatic N) is 1. The summed E-state index contributed by atoms with van der Waals surface area (Å²) in [5, 5.41) is 4.80. The van der Waals surface area contributed by atoms with E-state index in [1.54, 1.807) is 23.1 Å². The summed E-state index contributed by atoms with van der Waals surface area (Å²) in [6.07, 6.45) is 8.47. The van der Waals surface area contributed by atoms with Crippen LogP contribution in [0.4, 0.5) is 0 Å². The summed E-state index contributed by atoms with van der Waals surface area (Å²) in [5.41, 5.74) is 2.24. The SMILES string of the molecule is CC.CSC1C=CC(c2nc3ccccc3s2)=CN1. The number of hydrogen-bond donors (Lipinski definition) is 1. The molecule has 2 aromatic rings. The van der Waals surface area contributed by atoms with Gasteiger partial charge in [-0.25, -0.2) is 4.98 Å². The molecule has 1 aromatic carbocycles. The molecule has 1 aliphatic rings. The van der Waals surface area contributed by atoms with Crippen molar-refractivity contribution in [2.75, 3.05) is 6.26 Å². The first kappa shape index (κ1) is 14.2. The third-order valence-corrected chi connectivity index (χ3v) is 4.54. The van der Waals surface area contributed by atoms with Gasteiger partial charge in [0.05, 0.1) is 15.6 Å². The second kappa shape index (κ2) is 6.78. The molecule has 1 aliphatic heterocycles.